The first-order valence-corrected chi connectivity index (χ1v) is 8.25. The monoisotopic (exact) mass is 289 g/mol. The molecule has 0 bridgehead atoms. The SMILES string of the molecule is CCNC1CCc2c(OCC3CCC(C)(C)O3)cccc21. The summed E-state index contributed by atoms with van der Waals surface area (Å²) in [4.78, 5) is 0. The zero-order valence-electron chi connectivity index (χ0n) is 13.4. The molecule has 0 spiro atoms. The second-order valence-corrected chi connectivity index (χ2v) is 6.82. The van der Waals surface area contributed by atoms with Crippen LogP contribution in [0.2, 0.25) is 0 Å². The fourth-order valence-corrected chi connectivity index (χ4v) is 3.59. The van der Waals surface area contributed by atoms with E-state index in [1.54, 1.807) is 0 Å². The molecule has 2 atom stereocenters. The highest BCUT2D eigenvalue weighted by Gasteiger charge is 2.32. The molecule has 21 heavy (non-hydrogen) atoms. The third-order valence-electron chi connectivity index (χ3n) is 4.66. The van der Waals surface area contributed by atoms with E-state index in [1.807, 2.05) is 0 Å². The van der Waals surface area contributed by atoms with E-state index in [-0.39, 0.29) is 11.7 Å². The lowest BCUT2D eigenvalue weighted by molar-refractivity contribution is -0.0327. The van der Waals surface area contributed by atoms with Gasteiger partial charge in [0, 0.05) is 6.04 Å². The molecule has 2 aliphatic rings. The summed E-state index contributed by atoms with van der Waals surface area (Å²) in [6.45, 7) is 8.17. The number of hydrogen-bond acceptors (Lipinski definition) is 3. The highest BCUT2D eigenvalue weighted by atomic mass is 16.6. The molecule has 1 aliphatic carbocycles. The summed E-state index contributed by atoms with van der Waals surface area (Å²) < 4.78 is 12.1. The van der Waals surface area contributed by atoms with Crippen LogP contribution in [-0.4, -0.2) is 24.9 Å². The van der Waals surface area contributed by atoms with Crippen LogP contribution in [0.1, 0.15) is 57.2 Å². The van der Waals surface area contributed by atoms with Gasteiger partial charge < -0.3 is 14.8 Å². The maximum atomic E-state index is 6.10. The zero-order valence-corrected chi connectivity index (χ0v) is 13.4. The van der Waals surface area contributed by atoms with E-state index >= 15 is 0 Å². The molecule has 0 radical (unpaired) electrons. The Morgan fingerprint density at radius 1 is 1.33 bits per heavy atom. The third kappa shape index (κ3) is 3.24. The van der Waals surface area contributed by atoms with Crippen LogP contribution >= 0.6 is 0 Å². The predicted molar refractivity (Wildman–Crippen MR) is 84.9 cm³/mol. The van der Waals surface area contributed by atoms with Crippen LogP contribution in [-0.2, 0) is 11.2 Å². The Balaban J connectivity index is 1.65. The molecular weight excluding hydrogens is 262 g/mol. The topological polar surface area (TPSA) is 30.5 Å². The van der Waals surface area contributed by atoms with Gasteiger partial charge in [0.2, 0.25) is 0 Å². The van der Waals surface area contributed by atoms with Gasteiger partial charge in [0.15, 0.2) is 0 Å². The van der Waals surface area contributed by atoms with Crippen LogP contribution in [0, 0.1) is 0 Å². The van der Waals surface area contributed by atoms with Crippen molar-refractivity contribution in [2.75, 3.05) is 13.2 Å². The van der Waals surface area contributed by atoms with E-state index in [4.69, 9.17) is 9.47 Å². The van der Waals surface area contributed by atoms with Crippen molar-refractivity contribution in [2.45, 2.75) is 64.2 Å². The van der Waals surface area contributed by atoms with E-state index in [9.17, 15) is 0 Å². The lowest BCUT2D eigenvalue weighted by Crippen LogP contribution is -2.24. The molecule has 0 saturated carbocycles. The number of rotatable bonds is 5. The summed E-state index contributed by atoms with van der Waals surface area (Å²) >= 11 is 0. The number of hydrogen-bond donors (Lipinski definition) is 1. The van der Waals surface area contributed by atoms with Gasteiger partial charge >= 0.3 is 0 Å². The first-order valence-electron chi connectivity index (χ1n) is 8.25. The fraction of sp³-hybridized carbons (Fsp3) is 0.667. The van der Waals surface area contributed by atoms with Crippen LogP contribution in [0.25, 0.3) is 0 Å². The van der Waals surface area contributed by atoms with Gasteiger partial charge in [-0.2, -0.15) is 0 Å². The smallest absolute Gasteiger partial charge is 0.122 e. The first-order chi connectivity index (χ1) is 10.1. The van der Waals surface area contributed by atoms with Crippen molar-refractivity contribution in [3.8, 4) is 5.75 Å². The molecule has 1 saturated heterocycles. The summed E-state index contributed by atoms with van der Waals surface area (Å²) in [5.41, 5.74) is 2.82. The van der Waals surface area contributed by atoms with E-state index in [0.29, 0.717) is 12.6 Å². The molecule has 1 fully saturated rings. The molecule has 3 nitrogen and oxygen atoms in total. The van der Waals surface area contributed by atoms with Crippen LogP contribution in [0.3, 0.4) is 0 Å². The van der Waals surface area contributed by atoms with Crippen molar-refractivity contribution < 1.29 is 9.47 Å². The molecule has 1 aliphatic heterocycles. The second kappa shape index (κ2) is 5.98. The lowest BCUT2D eigenvalue weighted by atomic mass is 10.1. The normalized spacial score (nSPS) is 26.8. The number of ether oxygens (including phenoxy) is 2. The van der Waals surface area contributed by atoms with Crippen molar-refractivity contribution >= 4 is 0 Å². The van der Waals surface area contributed by atoms with Crippen molar-refractivity contribution in [2.24, 2.45) is 0 Å². The van der Waals surface area contributed by atoms with E-state index in [0.717, 1.165) is 31.6 Å². The number of benzene rings is 1. The predicted octanol–water partition coefficient (Wildman–Crippen LogP) is 3.62. The van der Waals surface area contributed by atoms with Gasteiger partial charge in [0.05, 0.1) is 11.7 Å². The molecule has 1 aromatic rings. The Hall–Kier alpha value is -1.06. The van der Waals surface area contributed by atoms with Crippen LogP contribution in [0.5, 0.6) is 5.75 Å². The van der Waals surface area contributed by atoms with E-state index < -0.39 is 0 Å². The summed E-state index contributed by atoms with van der Waals surface area (Å²) in [6, 6.07) is 6.95. The minimum absolute atomic E-state index is 0.0167. The first kappa shape index (κ1) is 14.9. The summed E-state index contributed by atoms with van der Waals surface area (Å²) in [5, 5.41) is 3.56. The van der Waals surface area contributed by atoms with Crippen molar-refractivity contribution in [1.82, 2.24) is 5.32 Å². The minimum atomic E-state index is 0.0167. The van der Waals surface area contributed by atoms with Crippen molar-refractivity contribution in [1.29, 1.82) is 0 Å². The molecular formula is C18H27NO2. The van der Waals surface area contributed by atoms with Gasteiger partial charge in [-0.3, -0.25) is 0 Å². The van der Waals surface area contributed by atoms with Gasteiger partial charge in [-0.15, -0.1) is 0 Å². The van der Waals surface area contributed by atoms with Gasteiger partial charge in [-0.1, -0.05) is 19.1 Å². The van der Waals surface area contributed by atoms with Crippen LogP contribution < -0.4 is 10.1 Å². The molecule has 3 heteroatoms. The summed E-state index contributed by atoms with van der Waals surface area (Å²) in [6.07, 6.45) is 4.75. The standard InChI is InChI=1S/C18H27NO2/c1-4-19-16-9-8-15-14(16)6-5-7-17(15)20-12-13-10-11-18(2,3)21-13/h5-7,13,16,19H,4,8-12H2,1-3H3. The maximum Gasteiger partial charge on any atom is 0.122 e. The second-order valence-electron chi connectivity index (χ2n) is 6.82. The van der Waals surface area contributed by atoms with Gasteiger partial charge in [0.25, 0.3) is 0 Å². The van der Waals surface area contributed by atoms with Gasteiger partial charge in [-0.25, -0.2) is 0 Å². The maximum absolute atomic E-state index is 6.10. The third-order valence-corrected chi connectivity index (χ3v) is 4.66. The van der Waals surface area contributed by atoms with Crippen LogP contribution in [0.4, 0.5) is 0 Å². The largest absolute Gasteiger partial charge is 0.491 e. The number of nitrogens with one attached hydrogen (secondary N) is 1. The molecule has 116 valence electrons. The van der Waals surface area contributed by atoms with Crippen molar-refractivity contribution in [3.63, 3.8) is 0 Å². The molecule has 1 aromatic carbocycles. The molecule has 1 N–H and O–H groups in total. The van der Waals surface area contributed by atoms with Gasteiger partial charge in [0.1, 0.15) is 12.4 Å². The Bertz CT molecular complexity index is 498. The average molecular weight is 289 g/mol. The molecule has 0 aromatic heterocycles. The Labute approximate surface area is 128 Å². The van der Waals surface area contributed by atoms with Crippen molar-refractivity contribution in [3.05, 3.63) is 29.3 Å². The number of fused-ring (bicyclic) bond motifs is 1. The molecule has 1 heterocycles. The Morgan fingerprint density at radius 3 is 2.90 bits per heavy atom. The molecule has 0 amide bonds. The fourth-order valence-electron chi connectivity index (χ4n) is 3.59. The zero-order chi connectivity index (χ0) is 14.9. The van der Waals surface area contributed by atoms with Crippen LogP contribution in [0.15, 0.2) is 18.2 Å². The van der Waals surface area contributed by atoms with Gasteiger partial charge in [-0.05, 0) is 63.3 Å². The summed E-state index contributed by atoms with van der Waals surface area (Å²) in [5.74, 6) is 1.06. The quantitative estimate of drug-likeness (QED) is 0.898. The minimum Gasteiger partial charge on any atom is -0.491 e. The average Bonchev–Trinajstić information content (AvgIpc) is 3.01. The lowest BCUT2D eigenvalue weighted by Gasteiger charge is -2.20. The van der Waals surface area contributed by atoms with E-state index in [2.05, 4.69) is 44.3 Å². The Kier molecular flexibility index (Phi) is 4.23. The summed E-state index contributed by atoms with van der Waals surface area (Å²) in [7, 11) is 0. The highest BCUT2D eigenvalue weighted by molar-refractivity contribution is 5.45. The van der Waals surface area contributed by atoms with E-state index in [1.165, 1.54) is 17.5 Å². The Morgan fingerprint density at radius 2 is 2.19 bits per heavy atom. The molecule has 3 rings (SSSR count). The highest BCUT2D eigenvalue weighted by Crippen LogP contribution is 2.37. The molecule has 2 unspecified atom stereocenters.